The number of carboxylic acids is 1. The number of ether oxygens (including phenoxy) is 1. The first-order valence-corrected chi connectivity index (χ1v) is 5.34. The molecule has 0 heterocycles. The molecular formula is C11H19O6-. The van der Waals surface area contributed by atoms with E-state index < -0.39 is 29.6 Å². The Kier molecular flexibility index (Phi) is 5.57. The zero-order chi connectivity index (χ0) is 13.7. The highest BCUT2D eigenvalue weighted by atomic mass is 16.5. The average molecular weight is 247 g/mol. The highest BCUT2D eigenvalue weighted by Crippen LogP contribution is 2.22. The van der Waals surface area contributed by atoms with Crippen molar-refractivity contribution < 1.29 is 29.6 Å². The number of aliphatic carboxylic acids is 1. The number of hydrogen-bond acceptors (Lipinski definition) is 6. The van der Waals surface area contributed by atoms with Gasteiger partial charge in [0.25, 0.3) is 0 Å². The molecule has 0 fully saturated rings. The number of esters is 1. The fraction of sp³-hybridized carbons (Fsp3) is 0.818. The summed E-state index contributed by atoms with van der Waals surface area (Å²) in [7, 11) is 1.11. The smallest absolute Gasteiger partial charge is 0.308 e. The Balaban J connectivity index is 4.42. The predicted octanol–water partition coefficient (Wildman–Crippen LogP) is -1.03. The van der Waals surface area contributed by atoms with E-state index in [0.29, 0.717) is 6.42 Å². The number of carbonyl (C=O) groups excluding carboxylic acids is 2. The number of carbonyl (C=O) groups is 2. The minimum atomic E-state index is -2.24. The van der Waals surface area contributed by atoms with Crippen LogP contribution < -0.4 is 5.11 Å². The zero-order valence-corrected chi connectivity index (χ0v) is 10.4. The van der Waals surface area contributed by atoms with Crippen LogP contribution in [-0.2, 0) is 14.3 Å². The van der Waals surface area contributed by atoms with Gasteiger partial charge in [-0.25, -0.2) is 0 Å². The molecule has 1 atom stereocenters. The molecule has 0 amide bonds. The number of rotatable bonds is 7. The van der Waals surface area contributed by atoms with Gasteiger partial charge in [0.2, 0.25) is 0 Å². The summed E-state index contributed by atoms with van der Waals surface area (Å²) in [5.41, 5.74) is -3.18. The van der Waals surface area contributed by atoms with Crippen LogP contribution in [0, 0.1) is 0 Å². The minimum absolute atomic E-state index is 0.172. The highest BCUT2D eigenvalue weighted by molar-refractivity contribution is 5.82. The van der Waals surface area contributed by atoms with Crippen LogP contribution in [0.4, 0.5) is 0 Å². The van der Waals surface area contributed by atoms with E-state index in [1.807, 2.05) is 0 Å². The monoisotopic (exact) mass is 247 g/mol. The molecule has 0 radical (unpaired) electrons. The van der Waals surface area contributed by atoms with Gasteiger partial charge in [0.05, 0.1) is 25.1 Å². The third-order valence-corrected chi connectivity index (χ3v) is 2.42. The van der Waals surface area contributed by atoms with E-state index in [0.717, 1.165) is 7.11 Å². The molecule has 0 spiro atoms. The van der Waals surface area contributed by atoms with Crippen molar-refractivity contribution in [3.8, 4) is 0 Å². The molecule has 0 aromatic carbocycles. The normalized spacial score (nSPS) is 15.1. The Hall–Kier alpha value is -1.14. The second-order valence-electron chi connectivity index (χ2n) is 4.74. The van der Waals surface area contributed by atoms with Crippen molar-refractivity contribution in [3.05, 3.63) is 0 Å². The van der Waals surface area contributed by atoms with E-state index in [1.165, 1.54) is 0 Å². The molecule has 0 aromatic heterocycles. The predicted molar refractivity (Wildman–Crippen MR) is 56.7 cm³/mol. The SMILES string of the molecule is COC(=O)CC(O)(CCCC(C)(C)O)C(=O)[O-]. The van der Waals surface area contributed by atoms with Crippen molar-refractivity contribution in [1.29, 1.82) is 0 Å². The molecular weight excluding hydrogens is 228 g/mol. The summed E-state index contributed by atoms with van der Waals surface area (Å²) in [5, 5.41) is 30.0. The summed E-state index contributed by atoms with van der Waals surface area (Å²) < 4.78 is 4.30. The number of methoxy groups -OCH3 is 1. The quantitative estimate of drug-likeness (QED) is 0.557. The molecule has 6 nitrogen and oxygen atoms in total. The molecule has 0 saturated carbocycles. The molecule has 0 aromatic rings. The summed E-state index contributed by atoms with van der Waals surface area (Å²) in [5.74, 6) is -2.53. The molecule has 100 valence electrons. The molecule has 0 aliphatic rings. The first-order chi connectivity index (χ1) is 7.60. The molecule has 17 heavy (non-hydrogen) atoms. The molecule has 6 heteroatoms. The van der Waals surface area contributed by atoms with Crippen LogP contribution in [0.2, 0.25) is 0 Å². The molecule has 2 N–H and O–H groups in total. The maximum atomic E-state index is 11.0. The van der Waals surface area contributed by atoms with Crippen LogP contribution in [0.25, 0.3) is 0 Å². The van der Waals surface area contributed by atoms with E-state index in [9.17, 15) is 24.9 Å². The van der Waals surface area contributed by atoms with Crippen molar-refractivity contribution in [1.82, 2.24) is 0 Å². The minimum Gasteiger partial charge on any atom is -0.547 e. The summed E-state index contributed by atoms with van der Waals surface area (Å²) in [6.45, 7) is 3.15. The molecule has 0 bridgehead atoms. The lowest BCUT2D eigenvalue weighted by Gasteiger charge is -2.29. The average Bonchev–Trinajstić information content (AvgIpc) is 2.15. The van der Waals surface area contributed by atoms with Crippen molar-refractivity contribution in [2.45, 2.75) is 50.7 Å². The first-order valence-electron chi connectivity index (χ1n) is 5.34. The third-order valence-electron chi connectivity index (χ3n) is 2.42. The molecule has 0 saturated heterocycles. The van der Waals surface area contributed by atoms with Crippen LogP contribution in [0.15, 0.2) is 0 Å². The fourth-order valence-corrected chi connectivity index (χ4v) is 1.39. The van der Waals surface area contributed by atoms with Gasteiger partial charge < -0.3 is 24.9 Å². The van der Waals surface area contributed by atoms with E-state index in [1.54, 1.807) is 13.8 Å². The lowest BCUT2D eigenvalue weighted by atomic mass is 9.90. The molecule has 1 unspecified atom stereocenters. The molecule has 0 aliphatic carbocycles. The number of carboxylic acid groups (broad SMARTS) is 1. The fourth-order valence-electron chi connectivity index (χ4n) is 1.39. The Morgan fingerprint density at radius 2 is 1.76 bits per heavy atom. The maximum Gasteiger partial charge on any atom is 0.308 e. The van der Waals surface area contributed by atoms with Gasteiger partial charge in [-0.05, 0) is 33.1 Å². The number of hydrogen-bond donors (Lipinski definition) is 2. The largest absolute Gasteiger partial charge is 0.547 e. The van der Waals surface area contributed by atoms with E-state index >= 15 is 0 Å². The number of aliphatic hydroxyl groups is 2. The van der Waals surface area contributed by atoms with Gasteiger partial charge in [-0.2, -0.15) is 0 Å². The topological polar surface area (TPSA) is 107 Å². The lowest BCUT2D eigenvalue weighted by Crippen LogP contribution is -2.50. The van der Waals surface area contributed by atoms with Crippen LogP contribution in [0.5, 0.6) is 0 Å². The standard InChI is InChI=1S/C11H20O6/c1-10(2,15)5-4-6-11(16,9(13)14)7-8(12)17-3/h15-16H,4-7H2,1-3H3,(H,13,14)/p-1. The van der Waals surface area contributed by atoms with E-state index in [2.05, 4.69) is 4.74 Å². The molecule has 0 rings (SSSR count). The Morgan fingerprint density at radius 1 is 1.24 bits per heavy atom. The lowest BCUT2D eigenvalue weighted by molar-refractivity contribution is -0.325. The first kappa shape index (κ1) is 15.9. The van der Waals surface area contributed by atoms with Crippen molar-refractivity contribution in [2.24, 2.45) is 0 Å². The second kappa shape index (κ2) is 5.97. The second-order valence-corrected chi connectivity index (χ2v) is 4.74. The van der Waals surface area contributed by atoms with Gasteiger partial charge in [0.15, 0.2) is 0 Å². The maximum absolute atomic E-state index is 11.0. The van der Waals surface area contributed by atoms with Gasteiger partial charge in [0.1, 0.15) is 5.60 Å². The van der Waals surface area contributed by atoms with Gasteiger partial charge in [-0.1, -0.05) is 0 Å². The highest BCUT2D eigenvalue weighted by Gasteiger charge is 2.32. The van der Waals surface area contributed by atoms with Crippen LogP contribution in [-0.4, -0.2) is 40.5 Å². The summed E-state index contributed by atoms with van der Waals surface area (Å²) in [6, 6.07) is 0. The van der Waals surface area contributed by atoms with Crippen LogP contribution >= 0.6 is 0 Å². The molecule has 0 aliphatic heterocycles. The summed E-state index contributed by atoms with van der Waals surface area (Å²) >= 11 is 0. The Labute approximate surface area is 100 Å². The van der Waals surface area contributed by atoms with Crippen molar-refractivity contribution >= 4 is 11.9 Å². The summed E-state index contributed by atoms with van der Waals surface area (Å²) in [6.07, 6.45) is -0.263. The summed E-state index contributed by atoms with van der Waals surface area (Å²) in [4.78, 5) is 21.8. The van der Waals surface area contributed by atoms with Crippen molar-refractivity contribution in [3.63, 3.8) is 0 Å². The van der Waals surface area contributed by atoms with Gasteiger partial charge in [0, 0.05) is 0 Å². The van der Waals surface area contributed by atoms with Crippen molar-refractivity contribution in [2.75, 3.05) is 7.11 Å². The van der Waals surface area contributed by atoms with Crippen LogP contribution in [0.1, 0.15) is 39.5 Å². The van der Waals surface area contributed by atoms with Crippen LogP contribution in [0.3, 0.4) is 0 Å². The Bertz CT molecular complexity index is 280. The Morgan fingerprint density at radius 3 is 2.12 bits per heavy atom. The van der Waals surface area contributed by atoms with Gasteiger partial charge >= 0.3 is 5.97 Å². The van der Waals surface area contributed by atoms with E-state index in [-0.39, 0.29) is 12.8 Å². The van der Waals surface area contributed by atoms with Gasteiger partial charge in [-0.15, -0.1) is 0 Å². The zero-order valence-electron chi connectivity index (χ0n) is 10.4. The van der Waals surface area contributed by atoms with Gasteiger partial charge in [-0.3, -0.25) is 4.79 Å². The third kappa shape index (κ3) is 6.23. The van der Waals surface area contributed by atoms with E-state index in [4.69, 9.17) is 0 Å².